The zero-order chi connectivity index (χ0) is 28.9. The number of unbranched alkanes of at least 4 members (excludes halogenated alkanes) is 1. The summed E-state index contributed by atoms with van der Waals surface area (Å²) in [6.07, 6.45) is 2.46. The molecule has 3 aromatic carbocycles. The first-order valence-corrected chi connectivity index (χ1v) is 14.1. The molecule has 0 fully saturated rings. The molecule has 1 heterocycles. The molecule has 0 spiro atoms. The lowest BCUT2D eigenvalue weighted by Gasteiger charge is -2.41. The lowest BCUT2D eigenvalue weighted by molar-refractivity contribution is -0.924. The molecule has 40 heavy (non-hydrogen) atoms. The molecule has 2 atom stereocenters. The Bertz CT molecular complexity index is 1460. The molecule has 0 radical (unpaired) electrons. The Kier molecular flexibility index (Phi) is 9.23. The number of nitrogens with two attached hydrogens (primary N) is 1. The van der Waals surface area contributed by atoms with Crippen molar-refractivity contribution >= 4 is 16.7 Å². The summed E-state index contributed by atoms with van der Waals surface area (Å²) >= 11 is 0. The van der Waals surface area contributed by atoms with Crippen molar-refractivity contribution in [3.8, 4) is 17.0 Å². The predicted octanol–water partition coefficient (Wildman–Crippen LogP) is 6.23. The monoisotopic (exact) mass is 540 g/mol. The molecule has 4 rings (SSSR count). The van der Waals surface area contributed by atoms with Crippen LogP contribution in [0, 0.1) is 6.92 Å². The van der Waals surface area contributed by atoms with Gasteiger partial charge in [-0.05, 0) is 67.0 Å². The van der Waals surface area contributed by atoms with Gasteiger partial charge in [0.1, 0.15) is 25.3 Å². The Morgan fingerprint density at radius 3 is 2.42 bits per heavy atom. The van der Waals surface area contributed by atoms with Crippen molar-refractivity contribution < 1.29 is 19.1 Å². The minimum Gasteiger partial charge on any atom is -0.471 e. The zero-order valence-electron chi connectivity index (χ0n) is 24.4. The van der Waals surface area contributed by atoms with Crippen LogP contribution in [0.5, 0.6) is 5.88 Å². The summed E-state index contributed by atoms with van der Waals surface area (Å²) < 4.78 is 6.83. The molecule has 0 aliphatic heterocycles. The summed E-state index contributed by atoms with van der Waals surface area (Å²) in [7, 11) is 4.21. The van der Waals surface area contributed by atoms with Crippen molar-refractivity contribution in [2.75, 3.05) is 27.2 Å². The first kappa shape index (κ1) is 29.2. The highest BCUT2D eigenvalue weighted by atomic mass is 16.5. The Balaban J connectivity index is 1.66. The number of likely N-dealkylation sites (N-methyl/N-ethyl adjacent to an activating group) is 1. The minimum atomic E-state index is -0.660. The molecule has 0 unspecified atom stereocenters. The molecule has 1 amide bonds. The molecule has 0 saturated heterocycles. The third-order valence-electron chi connectivity index (χ3n) is 7.81. The molecule has 6 nitrogen and oxygen atoms in total. The molecule has 210 valence electrons. The van der Waals surface area contributed by atoms with E-state index >= 15 is 0 Å². The van der Waals surface area contributed by atoms with Crippen molar-refractivity contribution in [2.24, 2.45) is 5.73 Å². The number of pyridine rings is 1. The molecule has 3 N–H and O–H groups in total. The number of hydrogen-bond acceptors (Lipinski definition) is 4. The maximum Gasteiger partial charge on any atom is 0.248 e. The van der Waals surface area contributed by atoms with Crippen LogP contribution in [0.2, 0.25) is 0 Å². The van der Waals surface area contributed by atoms with Gasteiger partial charge in [-0.1, -0.05) is 67.9 Å². The van der Waals surface area contributed by atoms with Crippen LogP contribution >= 0.6 is 0 Å². The number of fused-ring (bicyclic) bond motifs is 1. The topological polar surface area (TPSA) is 85.4 Å². The van der Waals surface area contributed by atoms with Crippen molar-refractivity contribution in [1.82, 2.24) is 4.98 Å². The summed E-state index contributed by atoms with van der Waals surface area (Å²) in [5, 5.41) is 13.3. The summed E-state index contributed by atoms with van der Waals surface area (Å²) in [5.41, 5.74) is 11.0. The Labute approximate surface area is 238 Å². The number of aliphatic hydroxyl groups is 1. The maximum absolute atomic E-state index is 12.2. The Morgan fingerprint density at radius 2 is 1.75 bits per heavy atom. The predicted molar refractivity (Wildman–Crippen MR) is 162 cm³/mol. The second-order valence-corrected chi connectivity index (χ2v) is 11.2. The Morgan fingerprint density at radius 1 is 1.05 bits per heavy atom. The van der Waals surface area contributed by atoms with Crippen molar-refractivity contribution in [3.05, 3.63) is 95.2 Å². The van der Waals surface area contributed by atoms with E-state index in [9.17, 15) is 9.90 Å². The number of amides is 1. The molecule has 0 aliphatic rings. The number of benzene rings is 3. The van der Waals surface area contributed by atoms with Gasteiger partial charge in [0.25, 0.3) is 0 Å². The van der Waals surface area contributed by atoms with Crippen LogP contribution in [0.15, 0.2) is 72.8 Å². The third kappa shape index (κ3) is 6.35. The van der Waals surface area contributed by atoms with Crippen LogP contribution in [0.4, 0.5) is 0 Å². The number of carbonyl (C=O) groups is 1. The van der Waals surface area contributed by atoms with Crippen LogP contribution < -0.4 is 10.5 Å². The number of quaternary nitrogens is 1. The normalized spacial score (nSPS) is 13.2. The number of rotatable bonds is 12. The van der Waals surface area contributed by atoms with E-state index in [0.717, 1.165) is 58.0 Å². The van der Waals surface area contributed by atoms with E-state index < -0.39 is 12.0 Å². The fourth-order valence-electron chi connectivity index (χ4n) is 5.79. The van der Waals surface area contributed by atoms with Crippen LogP contribution in [-0.2, 0) is 6.42 Å². The number of primary amides is 1. The standard InChI is InChI=1S/C34H41N3O3/c1-6-7-16-27-22-26-15-11-12-17-29(26)34(36-27)40-21-20-37(4,5)32(24(3)38)30-19-18-28(33(35)39)23(2)31(30)25-13-9-8-10-14-25/h8-15,17-19,22,24,32,38H,6-7,16,20-21H2,1-5H3,(H-,35,39)/p+1/t24-,32-/m1/s1. The van der Waals surface area contributed by atoms with Gasteiger partial charge in [0, 0.05) is 22.2 Å². The van der Waals surface area contributed by atoms with Gasteiger partial charge < -0.3 is 20.1 Å². The average molecular weight is 541 g/mol. The van der Waals surface area contributed by atoms with Gasteiger partial charge in [-0.3, -0.25) is 4.79 Å². The highest BCUT2D eigenvalue weighted by molar-refractivity contribution is 5.97. The lowest BCUT2D eigenvalue weighted by Crippen LogP contribution is -2.50. The molecular formula is C34H42N3O3+. The largest absolute Gasteiger partial charge is 0.471 e. The fourth-order valence-corrected chi connectivity index (χ4v) is 5.79. The van der Waals surface area contributed by atoms with Gasteiger partial charge in [-0.2, -0.15) is 0 Å². The smallest absolute Gasteiger partial charge is 0.248 e. The molecule has 0 bridgehead atoms. The van der Waals surface area contributed by atoms with E-state index in [4.69, 9.17) is 15.5 Å². The second-order valence-electron chi connectivity index (χ2n) is 11.2. The molecule has 4 aromatic rings. The molecular weight excluding hydrogens is 498 g/mol. The van der Waals surface area contributed by atoms with Gasteiger partial charge in [0.15, 0.2) is 0 Å². The first-order valence-electron chi connectivity index (χ1n) is 14.1. The van der Waals surface area contributed by atoms with E-state index in [1.54, 1.807) is 6.07 Å². The quantitative estimate of drug-likeness (QED) is 0.209. The second kappa shape index (κ2) is 12.6. The summed E-state index contributed by atoms with van der Waals surface area (Å²) in [6.45, 7) is 7.00. The van der Waals surface area contributed by atoms with Gasteiger partial charge >= 0.3 is 0 Å². The molecule has 0 aliphatic carbocycles. The van der Waals surface area contributed by atoms with E-state index in [1.807, 2.05) is 62.4 Å². The number of aliphatic hydroxyl groups excluding tert-OH is 1. The number of aromatic nitrogens is 1. The van der Waals surface area contributed by atoms with E-state index in [1.165, 1.54) is 0 Å². The van der Waals surface area contributed by atoms with Crippen molar-refractivity contribution in [1.29, 1.82) is 0 Å². The first-order chi connectivity index (χ1) is 19.1. The lowest BCUT2D eigenvalue weighted by atomic mass is 9.85. The average Bonchev–Trinajstić information content (AvgIpc) is 2.92. The van der Waals surface area contributed by atoms with Gasteiger partial charge in [0.05, 0.1) is 14.1 Å². The summed E-state index contributed by atoms with van der Waals surface area (Å²) in [6, 6.07) is 23.8. The van der Waals surface area contributed by atoms with Crippen LogP contribution in [-0.4, -0.2) is 53.8 Å². The van der Waals surface area contributed by atoms with Crippen LogP contribution in [0.3, 0.4) is 0 Å². The number of aryl methyl sites for hydroxylation is 1. The van der Waals surface area contributed by atoms with Gasteiger partial charge in [0.2, 0.25) is 11.8 Å². The van der Waals surface area contributed by atoms with Gasteiger partial charge in [-0.15, -0.1) is 0 Å². The highest BCUT2D eigenvalue weighted by Crippen LogP contribution is 2.39. The van der Waals surface area contributed by atoms with E-state index in [-0.39, 0.29) is 6.04 Å². The minimum absolute atomic E-state index is 0.278. The number of nitrogens with zero attached hydrogens (tertiary/aromatic N) is 2. The van der Waals surface area contributed by atoms with E-state index in [2.05, 4.69) is 39.2 Å². The summed E-state index contributed by atoms with van der Waals surface area (Å²) in [4.78, 5) is 17.1. The van der Waals surface area contributed by atoms with Crippen LogP contribution in [0.25, 0.3) is 21.9 Å². The number of hydrogen-bond donors (Lipinski definition) is 2. The highest BCUT2D eigenvalue weighted by Gasteiger charge is 2.37. The third-order valence-corrected chi connectivity index (χ3v) is 7.81. The molecule has 6 heteroatoms. The van der Waals surface area contributed by atoms with Crippen molar-refractivity contribution in [2.45, 2.75) is 52.2 Å². The molecule has 0 saturated carbocycles. The Hall–Kier alpha value is -3.74. The number of carbonyl (C=O) groups excluding carboxylic acids is 1. The molecule has 1 aromatic heterocycles. The van der Waals surface area contributed by atoms with E-state index in [0.29, 0.717) is 29.1 Å². The van der Waals surface area contributed by atoms with Crippen LogP contribution in [0.1, 0.15) is 59.9 Å². The zero-order valence-corrected chi connectivity index (χ0v) is 24.4. The SMILES string of the molecule is CCCCc1cc2ccccc2c(OCC[N+](C)(C)[C@@H](c2ccc(C(N)=O)c(C)c2-c2ccccc2)[C@@H](C)O)n1. The van der Waals surface area contributed by atoms with Crippen molar-refractivity contribution in [3.63, 3.8) is 0 Å². The fraction of sp³-hybridized carbons (Fsp3) is 0.353. The number of ether oxygens (including phenoxy) is 1. The summed E-state index contributed by atoms with van der Waals surface area (Å²) in [5.74, 6) is 0.197. The van der Waals surface area contributed by atoms with Gasteiger partial charge in [-0.25, -0.2) is 4.98 Å². The maximum atomic E-state index is 12.2.